The van der Waals surface area contributed by atoms with Crippen LogP contribution in [0.3, 0.4) is 0 Å². The average Bonchev–Trinajstić information content (AvgIpc) is 3.21. The molecule has 1 aromatic carbocycles. The molecular formula is C13H14BrCl2NO3S. The van der Waals surface area contributed by atoms with E-state index in [2.05, 4.69) is 28.2 Å². The largest absolute Gasteiger partial charge is 0.352 e. The number of hydrogen-bond acceptors (Lipinski definition) is 3. The van der Waals surface area contributed by atoms with E-state index in [1.165, 1.54) is 25.0 Å². The van der Waals surface area contributed by atoms with E-state index in [-0.39, 0.29) is 25.9 Å². The maximum absolute atomic E-state index is 12.1. The first-order valence-corrected chi connectivity index (χ1v) is 9.90. The third-order valence-corrected chi connectivity index (χ3v) is 6.52. The molecule has 4 nitrogen and oxygen atoms in total. The molecule has 116 valence electrons. The molecule has 0 aromatic heterocycles. The van der Waals surface area contributed by atoms with Crippen LogP contribution in [-0.2, 0) is 9.05 Å². The Labute approximate surface area is 141 Å². The van der Waals surface area contributed by atoms with Crippen LogP contribution in [0, 0.1) is 11.8 Å². The van der Waals surface area contributed by atoms with Gasteiger partial charge >= 0.3 is 0 Å². The normalized spacial score (nSPS) is 16.6. The van der Waals surface area contributed by atoms with Crippen LogP contribution in [0.5, 0.6) is 0 Å². The van der Waals surface area contributed by atoms with Crippen molar-refractivity contribution in [2.75, 3.05) is 6.54 Å². The van der Waals surface area contributed by atoms with Crippen LogP contribution in [0.1, 0.15) is 30.1 Å². The Kier molecular flexibility index (Phi) is 5.23. The van der Waals surface area contributed by atoms with Gasteiger partial charge in [-0.25, -0.2) is 8.42 Å². The SMILES string of the molecule is CC(CNC(=O)c1cc(Cl)c(Br)c(S(=O)(=O)Cl)c1)C1CC1. The molecule has 0 bridgehead atoms. The smallest absolute Gasteiger partial charge is 0.262 e. The quantitative estimate of drug-likeness (QED) is 0.745. The third-order valence-electron chi connectivity index (χ3n) is 3.53. The van der Waals surface area contributed by atoms with Gasteiger partial charge in [0.05, 0.1) is 14.4 Å². The Morgan fingerprint density at radius 3 is 2.62 bits per heavy atom. The summed E-state index contributed by atoms with van der Waals surface area (Å²) in [7, 11) is 1.36. The van der Waals surface area contributed by atoms with Crippen molar-refractivity contribution in [3.63, 3.8) is 0 Å². The van der Waals surface area contributed by atoms with E-state index < -0.39 is 9.05 Å². The lowest BCUT2D eigenvalue weighted by atomic mass is 10.1. The predicted octanol–water partition coefficient (Wildman–Crippen LogP) is 3.81. The summed E-state index contributed by atoms with van der Waals surface area (Å²) in [5, 5.41) is 2.92. The highest BCUT2D eigenvalue weighted by Crippen LogP contribution is 2.36. The molecule has 1 aliphatic rings. The van der Waals surface area contributed by atoms with Gasteiger partial charge in [-0.3, -0.25) is 4.79 Å². The Hall–Kier alpha value is -0.300. The summed E-state index contributed by atoms with van der Waals surface area (Å²) in [6.07, 6.45) is 2.41. The molecular weight excluding hydrogens is 401 g/mol. The van der Waals surface area contributed by atoms with E-state index in [0.717, 1.165) is 0 Å². The molecule has 1 amide bonds. The van der Waals surface area contributed by atoms with Gasteiger partial charge in [0, 0.05) is 22.8 Å². The van der Waals surface area contributed by atoms with Gasteiger partial charge in [-0.2, -0.15) is 0 Å². The molecule has 0 saturated heterocycles. The fourth-order valence-corrected chi connectivity index (χ4v) is 4.44. The molecule has 1 aromatic rings. The Morgan fingerprint density at radius 2 is 2.10 bits per heavy atom. The summed E-state index contributed by atoms with van der Waals surface area (Å²) in [4.78, 5) is 11.9. The van der Waals surface area contributed by atoms with Crippen LogP contribution < -0.4 is 5.32 Å². The van der Waals surface area contributed by atoms with Crippen LogP contribution >= 0.6 is 38.2 Å². The van der Waals surface area contributed by atoms with E-state index in [4.69, 9.17) is 22.3 Å². The number of carbonyl (C=O) groups is 1. The molecule has 21 heavy (non-hydrogen) atoms. The molecule has 1 atom stereocenters. The highest BCUT2D eigenvalue weighted by atomic mass is 79.9. The monoisotopic (exact) mass is 413 g/mol. The molecule has 0 aliphatic heterocycles. The second-order valence-electron chi connectivity index (χ2n) is 5.23. The van der Waals surface area contributed by atoms with Gasteiger partial charge < -0.3 is 5.32 Å². The number of rotatable bonds is 5. The molecule has 0 heterocycles. The minimum Gasteiger partial charge on any atom is -0.352 e. The van der Waals surface area contributed by atoms with Gasteiger partial charge in [0.25, 0.3) is 15.0 Å². The molecule has 0 spiro atoms. The van der Waals surface area contributed by atoms with Crippen molar-refractivity contribution in [2.45, 2.75) is 24.7 Å². The number of benzene rings is 1. The minimum atomic E-state index is -3.99. The lowest BCUT2D eigenvalue weighted by Gasteiger charge is -2.12. The lowest BCUT2D eigenvalue weighted by Crippen LogP contribution is -2.29. The van der Waals surface area contributed by atoms with E-state index in [9.17, 15) is 13.2 Å². The van der Waals surface area contributed by atoms with Crippen molar-refractivity contribution in [1.82, 2.24) is 5.32 Å². The molecule has 1 fully saturated rings. The maximum atomic E-state index is 12.1. The molecule has 1 aliphatic carbocycles. The Bertz CT molecular complexity index is 674. The number of halogens is 3. The fourth-order valence-electron chi connectivity index (χ4n) is 2.06. The molecule has 1 saturated carbocycles. The summed E-state index contributed by atoms with van der Waals surface area (Å²) < 4.78 is 23.1. The maximum Gasteiger partial charge on any atom is 0.262 e. The second kappa shape index (κ2) is 6.44. The Morgan fingerprint density at radius 1 is 1.48 bits per heavy atom. The van der Waals surface area contributed by atoms with Crippen LogP contribution in [0.2, 0.25) is 5.02 Å². The predicted molar refractivity (Wildman–Crippen MR) is 86.4 cm³/mol. The van der Waals surface area contributed by atoms with Gasteiger partial charge in [-0.15, -0.1) is 0 Å². The van der Waals surface area contributed by atoms with Crippen LogP contribution in [0.25, 0.3) is 0 Å². The number of carbonyl (C=O) groups excluding carboxylic acids is 1. The molecule has 1 N–H and O–H groups in total. The average molecular weight is 415 g/mol. The van der Waals surface area contributed by atoms with E-state index >= 15 is 0 Å². The molecule has 0 radical (unpaired) electrons. The first kappa shape index (κ1) is 17.1. The zero-order chi connectivity index (χ0) is 15.8. The van der Waals surface area contributed by atoms with E-state index in [0.29, 0.717) is 18.4 Å². The van der Waals surface area contributed by atoms with Gasteiger partial charge in [-0.1, -0.05) is 18.5 Å². The number of hydrogen-bond donors (Lipinski definition) is 1. The first-order chi connectivity index (χ1) is 9.70. The van der Waals surface area contributed by atoms with Crippen molar-refractivity contribution in [1.29, 1.82) is 0 Å². The van der Waals surface area contributed by atoms with Crippen LogP contribution in [-0.4, -0.2) is 20.9 Å². The summed E-state index contributed by atoms with van der Waals surface area (Å²) in [5.74, 6) is 0.729. The zero-order valence-electron chi connectivity index (χ0n) is 11.2. The van der Waals surface area contributed by atoms with E-state index in [1.54, 1.807) is 0 Å². The zero-order valence-corrected chi connectivity index (χ0v) is 15.1. The number of nitrogens with one attached hydrogen (secondary N) is 1. The van der Waals surface area contributed by atoms with Crippen molar-refractivity contribution in [3.05, 3.63) is 27.2 Å². The minimum absolute atomic E-state index is 0.122. The summed E-state index contributed by atoms with van der Waals surface area (Å²) >= 11 is 9.00. The Balaban J connectivity index is 2.19. The van der Waals surface area contributed by atoms with Crippen molar-refractivity contribution >= 4 is 53.2 Å². The van der Waals surface area contributed by atoms with Crippen LogP contribution in [0.4, 0.5) is 0 Å². The third kappa shape index (κ3) is 4.34. The standard InChI is InChI=1S/C13H14BrCl2NO3S/c1-7(8-2-3-8)6-17-13(18)9-4-10(15)12(14)11(5-9)21(16,19)20/h4-5,7-8H,2-3,6H2,1H3,(H,17,18). The van der Waals surface area contributed by atoms with Gasteiger partial charge in [0.2, 0.25) is 0 Å². The molecule has 1 unspecified atom stereocenters. The van der Waals surface area contributed by atoms with Gasteiger partial charge in [-0.05, 0) is 52.7 Å². The van der Waals surface area contributed by atoms with Gasteiger partial charge in [0.15, 0.2) is 0 Å². The van der Waals surface area contributed by atoms with E-state index in [1.807, 2.05) is 0 Å². The summed E-state index contributed by atoms with van der Waals surface area (Å²) in [6.45, 7) is 2.64. The topological polar surface area (TPSA) is 63.2 Å². The fraction of sp³-hybridized carbons (Fsp3) is 0.462. The van der Waals surface area contributed by atoms with Gasteiger partial charge in [0.1, 0.15) is 0 Å². The number of amides is 1. The molecule has 8 heteroatoms. The van der Waals surface area contributed by atoms with Crippen molar-refractivity contribution < 1.29 is 13.2 Å². The lowest BCUT2D eigenvalue weighted by molar-refractivity contribution is 0.0946. The van der Waals surface area contributed by atoms with Crippen LogP contribution in [0.15, 0.2) is 21.5 Å². The van der Waals surface area contributed by atoms with Crippen molar-refractivity contribution in [3.8, 4) is 0 Å². The first-order valence-electron chi connectivity index (χ1n) is 6.42. The highest BCUT2D eigenvalue weighted by Gasteiger charge is 2.28. The molecule has 2 rings (SSSR count). The summed E-state index contributed by atoms with van der Waals surface area (Å²) in [5.41, 5.74) is 0.172. The second-order valence-corrected chi connectivity index (χ2v) is 8.97. The highest BCUT2D eigenvalue weighted by molar-refractivity contribution is 9.10. The summed E-state index contributed by atoms with van der Waals surface area (Å²) in [6, 6.07) is 2.63. The van der Waals surface area contributed by atoms with Crippen molar-refractivity contribution in [2.24, 2.45) is 11.8 Å².